The Labute approximate surface area is 139 Å². The van der Waals surface area contributed by atoms with Crippen LogP contribution in [0.15, 0.2) is 24.3 Å². The molecule has 4 atom stereocenters. The average molecular weight is 316 g/mol. The molecule has 2 aliphatic heterocycles. The number of amides is 1. The topological polar surface area (TPSA) is 43.8 Å². The molecule has 4 heteroatoms. The lowest BCUT2D eigenvalue weighted by atomic mass is 10.1. The van der Waals surface area contributed by atoms with Crippen LogP contribution in [-0.2, 0) is 11.2 Å². The number of rotatable bonds is 4. The maximum absolute atomic E-state index is 13.2. The number of aliphatic hydroxyl groups excluding tert-OH is 1. The summed E-state index contributed by atoms with van der Waals surface area (Å²) >= 11 is 0. The normalized spacial score (nSPS) is 27.0. The van der Waals surface area contributed by atoms with E-state index in [-0.39, 0.29) is 24.1 Å². The molecule has 1 aromatic rings. The summed E-state index contributed by atoms with van der Waals surface area (Å²) in [6.07, 6.45) is 3.57. The van der Waals surface area contributed by atoms with Gasteiger partial charge in [-0.05, 0) is 64.6 Å². The minimum Gasteiger partial charge on any atom is -0.393 e. The first-order chi connectivity index (χ1) is 11.0. The van der Waals surface area contributed by atoms with Crippen LogP contribution in [0, 0.1) is 0 Å². The van der Waals surface area contributed by atoms with Crippen molar-refractivity contribution < 1.29 is 9.90 Å². The largest absolute Gasteiger partial charge is 0.393 e. The lowest BCUT2D eigenvalue weighted by molar-refractivity contribution is -0.124. The number of hydrogen-bond acceptors (Lipinski definition) is 3. The molecule has 1 amide bonds. The van der Waals surface area contributed by atoms with Crippen LogP contribution in [0.4, 0.5) is 5.69 Å². The first-order valence-electron chi connectivity index (χ1n) is 8.83. The van der Waals surface area contributed by atoms with E-state index in [2.05, 4.69) is 24.0 Å². The Morgan fingerprint density at radius 1 is 1.35 bits per heavy atom. The third kappa shape index (κ3) is 3.15. The van der Waals surface area contributed by atoms with Crippen LogP contribution >= 0.6 is 0 Å². The predicted octanol–water partition coefficient (Wildman–Crippen LogP) is 2.59. The van der Waals surface area contributed by atoms with Gasteiger partial charge in [0.15, 0.2) is 0 Å². The van der Waals surface area contributed by atoms with E-state index in [4.69, 9.17) is 0 Å². The monoisotopic (exact) mass is 316 g/mol. The third-order valence-corrected chi connectivity index (χ3v) is 5.34. The summed E-state index contributed by atoms with van der Waals surface area (Å²) in [7, 11) is 0. The van der Waals surface area contributed by atoms with Gasteiger partial charge in [-0.25, -0.2) is 0 Å². The number of benzene rings is 1. The Bertz CT molecular complexity index is 572. The van der Waals surface area contributed by atoms with Gasteiger partial charge in [-0.15, -0.1) is 0 Å². The van der Waals surface area contributed by atoms with Gasteiger partial charge >= 0.3 is 0 Å². The summed E-state index contributed by atoms with van der Waals surface area (Å²) in [4.78, 5) is 17.4. The van der Waals surface area contributed by atoms with E-state index < -0.39 is 0 Å². The second kappa shape index (κ2) is 6.62. The number of hydrogen-bond donors (Lipinski definition) is 1. The molecule has 4 nitrogen and oxygen atoms in total. The smallest absolute Gasteiger partial charge is 0.244 e. The molecule has 2 aliphatic rings. The van der Waals surface area contributed by atoms with Gasteiger partial charge in [-0.2, -0.15) is 0 Å². The molecule has 2 heterocycles. The molecule has 0 aromatic heterocycles. The first-order valence-corrected chi connectivity index (χ1v) is 8.83. The van der Waals surface area contributed by atoms with E-state index in [1.165, 1.54) is 5.56 Å². The summed E-state index contributed by atoms with van der Waals surface area (Å²) in [5.74, 6) is 0.194. The maximum atomic E-state index is 13.2. The van der Waals surface area contributed by atoms with Crippen molar-refractivity contribution in [2.24, 2.45) is 0 Å². The molecule has 3 rings (SSSR count). The van der Waals surface area contributed by atoms with E-state index in [9.17, 15) is 9.90 Å². The van der Waals surface area contributed by atoms with Crippen LogP contribution in [0.2, 0.25) is 0 Å². The number of fused-ring (bicyclic) bond motifs is 1. The Kier molecular flexibility index (Phi) is 4.74. The molecule has 4 unspecified atom stereocenters. The van der Waals surface area contributed by atoms with E-state index >= 15 is 0 Å². The molecule has 0 spiro atoms. The van der Waals surface area contributed by atoms with Gasteiger partial charge < -0.3 is 10.0 Å². The second-order valence-electron chi connectivity index (χ2n) is 7.18. The Hall–Kier alpha value is -1.39. The van der Waals surface area contributed by atoms with Crippen molar-refractivity contribution in [3.63, 3.8) is 0 Å². The highest BCUT2D eigenvalue weighted by atomic mass is 16.3. The first kappa shape index (κ1) is 16.5. The highest BCUT2D eigenvalue weighted by molar-refractivity contribution is 5.99. The molecule has 0 saturated carbocycles. The summed E-state index contributed by atoms with van der Waals surface area (Å²) in [6, 6.07) is 8.64. The standard InChI is InChI=1S/C19H28N2O2/c1-13-11-16-7-4-5-9-18(16)21(13)19(23)15(3)20-10-6-8-17(20)12-14(2)22/h4-5,7,9,13-15,17,22H,6,8,10-12H2,1-3H3. The van der Waals surface area contributed by atoms with Crippen LogP contribution in [0.1, 0.15) is 45.6 Å². The van der Waals surface area contributed by atoms with E-state index in [1.54, 1.807) is 0 Å². The molecule has 1 aromatic carbocycles. The van der Waals surface area contributed by atoms with Gasteiger partial charge in [0.2, 0.25) is 5.91 Å². The van der Waals surface area contributed by atoms with Crippen molar-refractivity contribution in [2.75, 3.05) is 11.4 Å². The van der Waals surface area contributed by atoms with Crippen molar-refractivity contribution in [1.29, 1.82) is 0 Å². The van der Waals surface area contributed by atoms with E-state index in [0.29, 0.717) is 6.04 Å². The molecular formula is C19H28N2O2. The molecule has 1 fully saturated rings. The maximum Gasteiger partial charge on any atom is 0.244 e. The Morgan fingerprint density at radius 3 is 2.83 bits per heavy atom. The molecule has 1 saturated heterocycles. The Morgan fingerprint density at radius 2 is 2.09 bits per heavy atom. The van der Waals surface area contributed by atoms with Gasteiger partial charge in [0.1, 0.15) is 0 Å². The SMILES string of the molecule is CC(O)CC1CCCN1C(C)C(=O)N1c2ccccc2CC1C. The van der Waals surface area contributed by atoms with Crippen LogP contribution in [0.3, 0.4) is 0 Å². The number of nitrogens with zero attached hydrogens (tertiary/aromatic N) is 2. The van der Waals surface area contributed by atoms with Gasteiger partial charge in [0.25, 0.3) is 0 Å². The van der Waals surface area contributed by atoms with Gasteiger partial charge in [-0.3, -0.25) is 9.69 Å². The van der Waals surface area contributed by atoms with Gasteiger partial charge in [0, 0.05) is 17.8 Å². The highest BCUT2D eigenvalue weighted by Crippen LogP contribution is 2.34. The van der Waals surface area contributed by atoms with E-state index in [0.717, 1.165) is 37.9 Å². The number of para-hydroxylation sites is 1. The van der Waals surface area contributed by atoms with Crippen LogP contribution in [0.5, 0.6) is 0 Å². The fourth-order valence-electron chi connectivity index (χ4n) is 4.26. The molecule has 0 radical (unpaired) electrons. The van der Waals surface area contributed by atoms with Crippen molar-refractivity contribution in [3.8, 4) is 0 Å². The average Bonchev–Trinajstić information content (AvgIpc) is 3.08. The zero-order valence-electron chi connectivity index (χ0n) is 14.4. The van der Waals surface area contributed by atoms with E-state index in [1.807, 2.05) is 30.9 Å². The molecule has 0 aliphatic carbocycles. The molecule has 1 N–H and O–H groups in total. The summed E-state index contributed by atoms with van der Waals surface area (Å²) in [5.41, 5.74) is 2.34. The quantitative estimate of drug-likeness (QED) is 0.928. The molecule has 0 bridgehead atoms. The third-order valence-electron chi connectivity index (χ3n) is 5.34. The minimum atomic E-state index is -0.311. The number of carbonyl (C=O) groups excluding carboxylic acids is 1. The van der Waals surface area contributed by atoms with Gasteiger partial charge in [0.05, 0.1) is 12.1 Å². The summed E-state index contributed by atoms with van der Waals surface area (Å²) in [5, 5.41) is 9.71. The zero-order chi connectivity index (χ0) is 16.6. The Balaban J connectivity index is 1.77. The lowest BCUT2D eigenvalue weighted by Crippen LogP contribution is -2.51. The summed E-state index contributed by atoms with van der Waals surface area (Å²) in [6.45, 7) is 6.94. The van der Waals surface area contributed by atoms with Crippen LogP contribution < -0.4 is 4.90 Å². The fourth-order valence-corrected chi connectivity index (χ4v) is 4.26. The highest BCUT2D eigenvalue weighted by Gasteiger charge is 2.38. The lowest BCUT2D eigenvalue weighted by Gasteiger charge is -2.34. The molecular weight excluding hydrogens is 288 g/mol. The van der Waals surface area contributed by atoms with Crippen LogP contribution in [-0.4, -0.2) is 46.7 Å². The predicted molar refractivity (Wildman–Crippen MR) is 92.6 cm³/mol. The minimum absolute atomic E-state index is 0.130. The molecule has 126 valence electrons. The van der Waals surface area contributed by atoms with Gasteiger partial charge in [-0.1, -0.05) is 18.2 Å². The summed E-state index contributed by atoms with van der Waals surface area (Å²) < 4.78 is 0. The number of carbonyl (C=O) groups is 1. The fraction of sp³-hybridized carbons (Fsp3) is 0.632. The number of aliphatic hydroxyl groups is 1. The van der Waals surface area contributed by atoms with Crippen molar-refractivity contribution in [2.45, 2.75) is 70.7 Å². The zero-order valence-corrected chi connectivity index (χ0v) is 14.4. The van der Waals surface area contributed by atoms with Crippen molar-refractivity contribution in [1.82, 2.24) is 4.90 Å². The number of likely N-dealkylation sites (tertiary alicyclic amines) is 1. The van der Waals surface area contributed by atoms with Crippen LogP contribution in [0.25, 0.3) is 0 Å². The number of anilines is 1. The molecule has 23 heavy (non-hydrogen) atoms. The second-order valence-corrected chi connectivity index (χ2v) is 7.18. The van der Waals surface area contributed by atoms with Crippen molar-refractivity contribution >= 4 is 11.6 Å². The van der Waals surface area contributed by atoms with Crippen molar-refractivity contribution in [3.05, 3.63) is 29.8 Å².